The zero-order valence-electron chi connectivity index (χ0n) is 13.1. The van der Waals surface area contributed by atoms with E-state index in [1.54, 1.807) is 6.07 Å². The van der Waals surface area contributed by atoms with Gasteiger partial charge in [-0.15, -0.1) is 0 Å². The van der Waals surface area contributed by atoms with Crippen LogP contribution in [0, 0.1) is 0 Å². The molecule has 1 amide bonds. The molecule has 6 heteroatoms. The van der Waals surface area contributed by atoms with Crippen molar-refractivity contribution in [2.24, 2.45) is 0 Å². The van der Waals surface area contributed by atoms with Crippen molar-refractivity contribution in [1.82, 2.24) is 9.80 Å². The number of carboxylic acids is 1. The van der Waals surface area contributed by atoms with Gasteiger partial charge in [-0.25, -0.2) is 0 Å². The molecule has 124 valence electrons. The summed E-state index contributed by atoms with van der Waals surface area (Å²) in [6.45, 7) is 1.64. The Hall–Kier alpha value is -2.08. The number of carbonyl (C=O) groups excluding carboxylic acids is 1. The first-order valence-corrected chi connectivity index (χ1v) is 8.10. The van der Waals surface area contributed by atoms with Crippen LogP contribution >= 0.6 is 0 Å². The minimum atomic E-state index is -0.965. The SMILES string of the molecule is O=C(O)CN1CCCCC(N2CCc3c(O)cccc3C2)C1=O. The van der Waals surface area contributed by atoms with Crippen molar-refractivity contribution >= 4 is 11.9 Å². The molecule has 1 aromatic rings. The summed E-state index contributed by atoms with van der Waals surface area (Å²) in [7, 11) is 0. The molecule has 2 aliphatic heterocycles. The Balaban J connectivity index is 1.78. The van der Waals surface area contributed by atoms with Gasteiger partial charge in [0.05, 0.1) is 6.04 Å². The summed E-state index contributed by atoms with van der Waals surface area (Å²) in [5.74, 6) is -0.719. The number of amides is 1. The number of carboxylic acid groups (broad SMARTS) is 1. The lowest BCUT2D eigenvalue weighted by Crippen LogP contribution is -2.50. The number of nitrogens with zero attached hydrogens (tertiary/aromatic N) is 2. The van der Waals surface area contributed by atoms with E-state index < -0.39 is 5.97 Å². The van der Waals surface area contributed by atoms with Gasteiger partial charge in [0, 0.05) is 19.6 Å². The molecule has 1 aromatic carbocycles. The average Bonchev–Trinajstić information content (AvgIpc) is 2.69. The summed E-state index contributed by atoms with van der Waals surface area (Å²) in [4.78, 5) is 27.3. The number of rotatable bonds is 3. The number of phenols is 1. The molecular formula is C17H22N2O4. The molecule has 2 aliphatic rings. The predicted octanol–water partition coefficient (Wildman–Crippen LogP) is 1.22. The normalized spacial score (nSPS) is 22.5. The molecule has 6 nitrogen and oxygen atoms in total. The van der Waals surface area contributed by atoms with Crippen LogP contribution in [0.5, 0.6) is 5.75 Å². The number of hydrogen-bond donors (Lipinski definition) is 2. The third-order valence-electron chi connectivity index (χ3n) is 4.79. The van der Waals surface area contributed by atoms with Crippen LogP contribution in [0.3, 0.4) is 0 Å². The van der Waals surface area contributed by atoms with Crippen molar-refractivity contribution < 1.29 is 19.8 Å². The van der Waals surface area contributed by atoms with Crippen LogP contribution in [0.25, 0.3) is 0 Å². The molecule has 0 radical (unpaired) electrons. The highest BCUT2D eigenvalue weighted by atomic mass is 16.4. The van der Waals surface area contributed by atoms with E-state index in [0.717, 1.165) is 30.4 Å². The van der Waals surface area contributed by atoms with Gasteiger partial charge in [-0.2, -0.15) is 0 Å². The van der Waals surface area contributed by atoms with E-state index in [9.17, 15) is 14.7 Å². The standard InChI is InChI=1S/C17H22N2O4/c20-15-6-3-4-12-10-18(9-7-13(12)15)14-5-1-2-8-19(17(14)23)11-16(21)22/h3-4,6,14,20H,1-2,5,7-11H2,(H,21,22). The van der Waals surface area contributed by atoms with Gasteiger partial charge in [0.1, 0.15) is 12.3 Å². The van der Waals surface area contributed by atoms with Gasteiger partial charge in [-0.05, 0) is 42.9 Å². The zero-order chi connectivity index (χ0) is 16.4. The maximum Gasteiger partial charge on any atom is 0.323 e. The Kier molecular flexibility index (Phi) is 4.52. The first-order chi connectivity index (χ1) is 11.1. The van der Waals surface area contributed by atoms with Crippen LogP contribution in [0.15, 0.2) is 18.2 Å². The lowest BCUT2D eigenvalue weighted by Gasteiger charge is -2.36. The van der Waals surface area contributed by atoms with Gasteiger partial charge >= 0.3 is 5.97 Å². The second-order valence-electron chi connectivity index (χ2n) is 6.30. The van der Waals surface area contributed by atoms with Crippen molar-refractivity contribution in [3.63, 3.8) is 0 Å². The Bertz CT molecular complexity index is 617. The number of aromatic hydroxyl groups is 1. The van der Waals surface area contributed by atoms with Gasteiger partial charge in [0.25, 0.3) is 0 Å². The molecule has 0 aliphatic carbocycles. The van der Waals surface area contributed by atoms with Crippen LogP contribution < -0.4 is 0 Å². The van der Waals surface area contributed by atoms with Gasteiger partial charge in [-0.3, -0.25) is 14.5 Å². The summed E-state index contributed by atoms with van der Waals surface area (Å²) >= 11 is 0. The number of phenolic OH excluding ortho intramolecular Hbond substituents is 1. The fourth-order valence-corrected chi connectivity index (χ4v) is 3.62. The van der Waals surface area contributed by atoms with Gasteiger partial charge in [-0.1, -0.05) is 12.1 Å². The molecule has 0 spiro atoms. The summed E-state index contributed by atoms with van der Waals surface area (Å²) in [6.07, 6.45) is 3.25. The lowest BCUT2D eigenvalue weighted by molar-refractivity contribution is -0.146. The minimum Gasteiger partial charge on any atom is -0.508 e. The molecule has 1 atom stereocenters. The van der Waals surface area contributed by atoms with Crippen LogP contribution in [-0.4, -0.2) is 57.6 Å². The van der Waals surface area contributed by atoms with Gasteiger partial charge < -0.3 is 15.1 Å². The van der Waals surface area contributed by atoms with E-state index in [1.165, 1.54) is 4.90 Å². The number of carbonyl (C=O) groups is 2. The number of fused-ring (bicyclic) bond motifs is 1. The summed E-state index contributed by atoms with van der Waals surface area (Å²) < 4.78 is 0. The van der Waals surface area contributed by atoms with E-state index in [-0.39, 0.29) is 18.5 Å². The van der Waals surface area contributed by atoms with E-state index in [1.807, 2.05) is 12.1 Å². The molecule has 2 N–H and O–H groups in total. The maximum absolute atomic E-state index is 12.7. The molecule has 1 unspecified atom stereocenters. The van der Waals surface area contributed by atoms with E-state index in [4.69, 9.17) is 5.11 Å². The smallest absolute Gasteiger partial charge is 0.323 e. The summed E-state index contributed by atoms with van der Waals surface area (Å²) in [5.41, 5.74) is 2.02. The summed E-state index contributed by atoms with van der Waals surface area (Å²) in [5, 5.41) is 18.9. The van der Waals surface area contributed by atoms with Crippen LogP contribution in [0.1, 0.15) is 30.4 Å². The Morgan fingerprint density at radius 2 is 2.09 bits per heavy atom. The molecule has 1 saturated heterocycles. The van der Waals surface area contributed by atoms with Crippen LogP contribution in [0.2, 0.25) is 0 Å². The third-order valence-corrected chi connectivity index (χ3v) is 4.79. The number of hydrogen-bond acceptors (Lipinski definition) is 4. The van der Waals surface area contributed by atoms with Crippen LogP contribution in [-0.2, 0) is 22.6 Å². The average molecular weight is 318 g/mol. The molecule has 0 bridgehead atoms. The Morgan fingerprint density at radius 1 is 1.26 bits per heavy atom. The maximum atomic E-state index is 12.7. The second-order valence-corrected chi connectivity index (χ2v) is 6.30. The van der Waals surface area contributed by atoms with Crippen LogP contribution in [0.4, 0.5) is 0 Å². The highest BCUT2D eigenvalue weighted by molar-refractivity contribution is 5.85. The molecule has 23 heavy (non-hydrogen) atoms. The fraction of sp³-hybridized carbons (Fsp3) is 0.529. The lowest BCUT2D eigenvalue weighted by atomic mass is 9.96. The highest BCUT2D eigenvalue weighted by Gasteiger charge is 2.34. The first kappa shape index (κ1) is 15.8. The molecule has 3 rings (SSSR count). The monoisotopic (exact) mass is 318 g/mol. The number of aliphatic carboxylic acids is 1. The fourth-order valence-electron chi connectivity index (χ4n) is 3.62. The van der Waals surface area contributed by atoms with E-state index in [0.29, 0.717) is 31.8 Å². The molecule has 0 saturated carbocycles. The van der Waals surface area contributed by atoms with Crippen molar-refractivity contribution in [2.45, 2.75) is 38.3 Å². The highest BCUT2D eigenvalue weighted by Crippen LogP contribution is 2.29. The van der Waals surface area contributed by atoms with E-state index in [2.05, 4.69) is 4.90 Å². The largest absolute Gasteiger partial charge is 0.508 e. The molecule has 0 aromatic heterocycles. The summed E-state index contributed by atoms with van der Waals surface area (Å²) in [6, 6.07) is 5.24. The minimum absolute atomic E-state index is 0.0755. The zero-order valence-corrected chi connectivity index (χ0v) is 13.1. The molecule has 1 fully saturated rings. The van der Waals surface area contributed by atoms with Crippen molar-refractivity contribution in [3.8, 4) is 5.75 Å². The Labute approximate surface area is 135 Å². The van der Waals surface area contributed by atoms with Gasteiger partial charge in [0.2, 0.25) is 5.91 Å². The van der Waals surface area contributed by atoms with Crippen molar-refractivity contribution in [3.05, 3.63) is 29.3 Å². The Morgan fingerprint density at radius 3 is 2.87 bits per heavy atom. The quantitative estimate of drug-likeness (QED) is 0.876. The topological polar surface area (TPSA) is 81.1 Å². The third kappa shape index (κ3) is 3.32. The molecular weight excluding hydrogens is 296 g/mol. The van der Waals surface area contributed by atoms with Crippen molar-refractivity contribution in [2.75, 3.05) is 19.6 Å². The second kappa shape index (κ2) is 6.58. The van der Waals surface area contributed by atoms with Crippen molar-refractivity contribution in [1.29, 1.82) is 0 Å². The first-order valence-electron chi connectivity index (χ1n) is 8.10. The predicted molar refractivity (Wildman–Crippen MR) is 84.1 cm³/mol. The van der Waals surface area contributed by atoms with Gasteiger partial charge in [0.15, 0.2) is 0 Å². The van der Waals surface area contributed by atoms with E-state index >= 15 is 0 Å². The molecule has 2 heterocycles. The number of likely N-dealkylation sites (tertiary alicyclic amines) is 1. The number of benzene rings is 1.